The molecule has 180 valence electrons. The van der Waals surface area contributed by atoms with Gasteiger partial charge in [0.1, 0.15) is 18.1 Å². The smallest absolute Gasteiger partial charge is 0.272 e. The van der Waals surface area contributed by atoms with E-state index in [4.69, 9.17) is 0 Å². The van der Waals surface area contributed by atoms with Gasteiger partial charge >= 0.3 is 0 Å². The molecule has 0 unspecified atom stereocenters. The summed E-state index contributed by atoms with van der Waals surface area (Å²) in [7, 11) is 0. The molecule has 1 N–H and O–H groups in total. The predicted molar refractivity (Wildman–Crippen MR) is 133 cm³/mol. The molecule has 0 saturated carbocycles. The number of halogens is 1. The van der Waals surface area contributed by atoms with E-state index < -0.39 is 0 Å². The Morgan fingerprint density at radius 3 is 2.50 bits per heavy atom. The number of nitrogens with zero attached hydrogens (tertiary/aromatic N) is 4. The number of amides is 1. The van der Waals surface area contributed by atoms with E-state index in [0.717, 1.165) is 55.8 Å². The van der Waals surface area contributed by atoms with Gasteiger partial charge in [-0.05, 0) is 69.1 Å². The van der Waals surface area contributed by atoms with Crippen LogP contribution in [0.5, 0.6) is 0 Å². The molecule has 2 heterocycles. The van der Waals surface area contributed by atoms with Gasteiger partial charge in [0.2, 0.25) is 5.91 Å². The van der Waals surface area contributed by atoms with Gasteiger partial charge in [-0.3, -0.25) is 19.1 Å². The highest BCUT2D eigenvalue weighted by molar-refractivity contribution is 5.81. The summed E-state index contributed by atoms with van der Waals surface area (Å²) in [4.78, 5) is 34.1. The number of hydrogen-bond acceptors (Lipinski definition) is 5. The number of aromatic nitrogens is 2. The number of nitrogens with one attached hydrogen (secondary N) is 1. The maximum atomic E-state index is 14.0. The number of benzene rings is 2. The Morgan fingerprint density at radius 1 is 1.06 bits per heavy atom. The van der Waals surface area contributed by atoms with Crippen LogP contribution in [0.25, 0.3) is 11.0 Å². The minimum Gasteiger partial charge on any atom is -0.367 e. The number of para-hydroxylation sites is 1. The second kappa shape index (κ2) is 10.3. The molecule has 1 aromatic heterocycles. The van der Waals surface area contributed by atoms with E-state index >= 15 is 0 Å². The fraction of sp³-hybridized carbons (Fsp3) is 0.423. The highest BCUT2D eigenvalue weighted by Crippen LogP contribution is 2.20. The fourth-order valence-electron chi connectivity index (χ4n) is 4.43. The number of piperazine rings is 1. The van der Waals surface area contributed by atoms with Crippen molar-refractivity contribution in [2.24, 2.45) is 0 Å². The van der Waals surface area contributed by atoms with Gasteiger partial charge in [-0.25, -0.2) is 9.37 Å². The second-order valence-electron chi connectivity index (χ2n) is 9.00. The van der Waals surface area contributed by atoms with Crippen LogP contribution >= 0.6 is 0 Å². The molecule has 4 rings (SSSR count). The van der Waals surface area contributed by atoms with Crippen molar-refractivity contribution in [2.45, 2.75) is 33.7 Å². The van der Waals surface area contributed by atoms with Crippen molar-refractivity contribution in [2.75, 3.05) is 44.2 Å². The van der Waals surface area contributed by atoms with E-state index in [0.29, 0.717) is 23.4 Å². The van der Waals surface area contributed by atoms with Gasteiger partial charge < -0.3 is 10.2 Å². The van der Waals surface area contributed by atoms with Gasteiger partial charge in [-0.15, -0.1) is 0 Å². The second-order valence-corrected chi connectivity index (χ2v) is 9.00. The first-order chi connectivity index (χ1) is 16.3. The lowest BCUT2D eigenvalue weighted by atomic mass is 10.1. The molecule has 2 aromatic carbocycles. The van der Waals surface area contributed by atoms with Gasteiger partial charge in [-0.1, -0.05) is 12.1 Å². The monoisotopic (exact) mass is 465 g/mol. The van der Waals surface area contributed by atoms with Crippen LogP contribution in [0.4, 0.5) is 10.1 Å². The van der Waals surface area contributed by atoms with E-state index in [1.54, 1.807) is 13.0 Å². The fourth-order valence-corrected chi connectivity index (χ4v) is 4.43. The number of aryl methyl sites for hydroxylation is 3. The zero-order valence-electron chi connectivity index (χ0n) is 20.1. The molecule has 1 aliphatic heterocycles. The predicted octanol–water partition coefficient (Wildman–Crippen LogP) is 2.79. The van der Waals surface area contributed by atoms with Crippen LogP contribution in [-0.4, -0.2) is 59.6 Å². The Hall–Kier alpha value is -3.26. The van der Waals surface area contributed by atoms with Gasteiger partial charge in [0.05, 0.1) is 16.7 Å². The van der Waals surface area contributed by atoms with Crippen molar-refractivity contribution in [3.05, 3.63) is 69.4 Å². The van der Waals surface area contributed by atoms with E-state index in [2.05, 4.69) is 20.1 Å². The van der Waals surface area contributed by atoms with Crippen LogP contribution in [0.3, 0.4) is 0 Å². The van der Waals surface area contributed by atoms with Crippen LogP contribution in [0, 0.1) is 26.6 Å². The SMILES string of the molecule is Cc1cc2nc(C)c(=O)n(CC(=O)NCCCN3CCN(c4ccccc4F)CC3)c2cc1C. The normalized spacial score (nSPS) is 14.5. The number of carbonyl (C=O) groups is 1. The Balaban J connectivity index is 1.27. The highest BCUT2D eigenvalue weighted by atomic mass is 19.1. The maximum absolute atomic E-state index is 14.0. The van der Waals surface area contributed by atoms with Crippen LogP contribution in [0.15, 0.2) is 41.2 Å². The molecule has 0 bridgehead atoms. The number of fused-ring (bicyclic) bond motifs is 1. The number of hydrogen-bond donors (Lipinski definition) is 1. The molecule has 0 radical (unpaired) electrons. The van der Waals surface area contributed by atoms with Crippen molar-refractivity contribution in [1.29, 1.82) is 0 Å². The quantitative estimate of drug-likeness (QED) is 0.544. The van der Waals surface area contributed by atoms with E-state index in [1.807, 2.05) is 38.1 Å². The molecule has 1 fully saturated rings. The molecule has 8 heteroatoms. The van der Waals surface area contributed by atoms with Crippen molar-refractivity contribution < 1.29 is 9.18 Å². The Kier molecular flexibility index (Phi) is 7.26. The number of carbonyl (C=O) groups excluding carboxylic acids is 1. The first kappa shape index (κ1) is 23.9. The standard InChI is InChI=1S/C26H32FN5O2/c1-18-15-22-24(16-19(18)2)32(26(34)20(3)29-22)17-25(33)28-9-6-10-30-11-13-31(14-12-30)23-8-5-4-7-21(23)27/h4-5,7-8,15-16H,6,9-14,17H2,1-3H3,(H,28,33). The molecule has 0 aliphatic carbocycles. The van der Waals surface area contributed by atoms with Crippen LogP contribution in [0.1, 0.15) is 23.2 Å². The van der Waals surface area contributed by atoms with Crippen LogP contribution in [0.2, 0.25) is 0 Å². The first-order valence-electron chi connectivity index (χ1n) is 11.8. The van der Waals surface area contributed by atoms with Crippen molar-refractivity contribution in [3.63, 3.8) is 0 Å². The maximum Gasteiger partial charge on any atom is 0.272 e. The lowest BCUT2D eigenvalue weighted by Gasteiger charge is -2.36. The average molecular weight is 466 g/mol. The minimum absolute atomic E-state index is 0.0253. The molecule has 1 saturated heterocycles. The van der Waals surface area contributed by atoms with E-state index in [9.17, 15) is 14.0 Å². The lowest BCUT2D eigenvalue weighted by molar-refractivity contribution is -0.121. The van der Waals surface area contributed by atoms with E-state index in [-0.39, 0.29) is 23.8 Å². The zero-order valence-corrected chi connectivity index (χ0v) is 20.1. The Bertz CT molecular complexity index is 1250. The summed E-state index contributed by atoms with van der Waals surface area (Å²) in [5.74, 6) is -0.364. The summed E-state index contributed by atoms with van der Waals surface area (Å²) in [6.45, 7) is 10.3. The third-order valence-electron chi connectivity index (χ3n) is 6.56. The van der Waals surface area contributed by atoms with Crippen molar-refractivity contribution in [3.8, 4) is 0 Å². The summed E-state index contributed by atoms with van der Waals surface area (Å²) in [5, 5.41) is 2.94. The Labute approximate surface area is 199 Å². The molecule has 0 atom stereocenters. The highest BCUT2D eigenvalue weighted by Gasteiger charge is 2.19. The summed E-state index contributed by atoms with van der Waals surface area (Å²) in [6.07, 6.45) is 0.814. The number of rotatable bonds is 7. The zero-order chi connectivity index (χ0) is 24.2. The van der Waals surface area contributed by atoms with Crippen LogP contribution < -0.4 is 15.8 Å². The molecule has 34 heavy (non-hydrogen) atoms. The third kappa shape index (κ3) is 5.28. The average Bonchev–Trinajstić information content (AvgIpc) is 2.82. The molecule has 1 amide bonds. The number of anilines is 1. The molecule has 0 spiro atoms. The summed E-state index contributed by atoms with van der Waals surface area (Å²) < 4.78 is 15.5. The lowest BCUT2D eigenvalue weighted by Crippen LogP contribution is -2.47. The molecule has 1 aliphatic rings. The van der Waals surface area contributed by atoms with Gasteiger partial charge in [-0.2, -0.15) is 0 Å². The Morgan fingerprint density at radius 2 is 1.76 bits per heavy atom. The molecular formula is C26H32FN5O2. The molecule has 3 aromatic rings. The third-order valence-corrected chi connectivity index (χ3v) is 6.56. The minimum atomic E-state index is -0.237. The van der Waals surface area contributed by atoms with Gasteiger partial charge in [0.25, 0.3) is 5.56 Å². The molecular weight excluding hydrogens is 433 g/mol. The summed E-state index contributed by atoms with van der Waals surface area (Å²) in [6, 6.07) is 10.8. The van der Waals surface area contributed by atoms with Gasteiger partial charge in [0.15, 0.2) is 0 Å². The topological polar surface area (TPSA) is 70.5 Å². The van der Waals surface area contributed by atoms with E-state index in [1.165, 1.54) is 10.6 Å². The largest absolute Gasteiger partial charge is 0.367 e. The van der Waals surface area contributed by atoms with Crippen molar-refractivity contribution >= 4 is 22.6 Å². The first-order valence-corrected chi connectivity index (χ1v) is 11.8. The van der Waals surface area contributed by atoms with Crippen LogP contribution in [-0.2, 0) is 11.3 Å². The molecule has 7 nitrogen and oxygen atoms in total. The summed E-state index contributed by atoms with van der Waals surface area (Å²) in [5.41, 5.74) is 4.38. The van der Waals surface area contributed by atoms with Crippen molar-refractivity contribution in [1.82, 2.24) is 19.8 Å². The van der Waals surface area contributed by atoms with Gasteiger partial charge in [0, 0.05) is 32.7 Å². The summed E-state index contributed by atoms with van der Waals surface area (Å²) >= 11 is 0.